The predicted molar refractivity (Wildman–Crippen MR) is 127 cm³/mol. The average Bonchev–Trinajstić information content (AvgIpc) is 3.34. The van der Waals surface area contributed by atoms with E-state index in [9.17, 15) is 14.4 Å². The zero-order chi connectivity index (χ0) is 23.2. The molecular formula is C24H25N3O5S. The van der Waals surface area contributed by atoms with Crippen LogP contribution in [0.25, 0.3) is 10.9 Å². The Kier molecular flexibility index (Phi) is 7.41. The maximum Gasteiger partial charge on any atom is 0.338 e. The van der Waals surface area contributed by atoms with Gasteiger partial charge in [-0.25, -0.2) is 9.78 Å². The van der Waals surface area contributed by atoms with Crippen LogP contribution in [-0.2, 0) is 20.8 Å². The van der Waals surface area contributed by atoms with Gasteiger partial charge in [-0.15, -0.1) is 0 Å². The lowest BCUT2D eigenvalue weighted by Crippen LogP contribution is -2.29. The van der Waals surface area contributed by atoms with Gasteiger partial charge in [-0.3, -0.25) is 14.2 Å². The number of benzene rings is 2. The molecule has 1 aliphatic heterocycles. The van der Waals surface area contributed by atoms with Crippen molar-refractivity contribution < 1.29 is 19.1 Å². The second kappa shape index (κ2) is 10.6. The number of fused-ring (bicyclic) bond motifs is 1. The third-order valence-electron chi connectivity index (χ3n) is 5.25. The quantitative estimate of drug-likeness (QED) is 0.308. The highest BCUT2D eigenvalue weighted by Gasteiger charge is 2.20. The number of anilines is 1. The Balaban J connectivity index is 1.47. The molecule has 1 aliphatic rings. The van der Waals surface area contributed by atoms with E-state index in [2.05, 4.69) is 10.3 Å². The number of amides is 1. The number of para-hydroxylation sites is 1. The molecule has 0 aliphatic carbocycles. The molecule has 1 amide bonds. The number of rotatable bonds is 8. The number of hydrogen-bond acceptors (Lipinski definition) is 7. The highest BCUT2D eigenvalue weighted by atomic mass is 32.2. The molecule has 1 fully saturated rings. The molecule has 8 nitrogen and oxygen atoms in total. The lowest BCUT2D eigenvalue weighted by molar-refractivity contribution is -0.113. The van der Waals surface area contributed by atoms with E-state index in [4.69, 9.17) is 9.47 Å². The van der Waals surface area contributed by atoms with E-state index < -0.39 is 5.97 Å². The fourth-order valence-electron chi connectivity index (χ4n) is 3.64. The third-order valence-corrected chi connectivity index (χ3v) is 6.23. The molecule has 4 rings (SSSR count). The van der Waals surface area contributed by atoms with Crippen LogP contribution < -0.4 is 10.9 Å². The first-order valence-corrected chi connectivity index (χ1v) is 11.8. The number of esters is 1. The van der Waals surface area contributed by atoms with Gasteiger partial charge >= 0.3 is 5.97 Å². The van der Waals surface area contributed by atoms with Crippen LogP contribution >= 0.6 is 11.8 Å². The van der Waals surface area contributed by atoms with Crippen molar-refractivity contribution in [2.75, 3.05) is 24.3 Å². The number of nitrogens with one attached hydrogen (secondary N) is 1. The topological polar surface area (TPSA) is 99.5 Å². The SMILES string of the molecule is CCOC(=O)c1ccc(NC(=O)CSc2nc3ccccc3c(=O)n2C[C@H]2CCCO2)cc1. The molecule has 0 spiro atoms. The first-order chi connectivity index (χ1) is 16.0. The van der Waals surface area contributed by atoms with Crippen LogP contribution in [0.3, 0.4) is 0 Å². The van der Waals surface area contributed by atoms with Crippen LogP contribution in [0.2, 0.25) is 0 Å². The van der Waals surface area contributed by atoms with Gasteiger partial charge in [-0.05, 0) is 56.2 Å². The van der Waals surface area contributed by atoms with Crippen LogP contribution in [0.4, 0.5) is 5.69 Å². The maximum absolute atomic E-state index is 13.1. The molecule has 33 heavy (non-hydrogen) atoms. The summed E-state index contributed by atoms with van der Waals surface area (Å²) in [6.07, 6.45) is 1.84. The summed E-state index contributed by atoms with van der Waals surface area (Å²) in [5, 5.41) is 3.84. The van der Waals surface area contributed by atoms with Crippen LogP contribution in [0.1, 0.15) is 30.1 Å². The van der Waals surface area contributed by atoms with Gasteiger partial charge in [0.1, 0.15) is 0 Å². The van der Waals surface area contributed by atoms with E-state index in [0.717, 1.165) is 12.8 Å². The minimum absolute atomic E-state index is 0.0308. The van der Waals surface area contributed by atoms with E-state index in [0.29, 0.717) is 47.1 Å². The molecule has 1 saturated heterocycles. The Labute approximate surface area is 195 Å². The number of carbonyl (C=O) groups is 2. The first-order valence-electron chi connectivity index (χ1n) is 10.9. The molecule has 0 unspecified atom stereocenters. The van der Waals surface area contributed by atoms with Crippen molar-refractivity contribution in [1.82, 2.24) is 9.55 Å². The lowest BCUT2D eigenvalue weighted by atomic mass is 10.2. The molecule has 0 bridgehead atoms. The molecule has 1 aromatic heterocycles. The zero-order valence-electron chi connectivity index (χ0n) is 18.3. The van der Waals surface area contributed by atoms with Crippen LogP contribution in [0.5, 0.6) is 0 Å². The van der Waals surface area contributed by atoms with Gasteiger partial charge in [0.05, 0.1) is 41.5 Å². The Morgan fingerprint density at radius 3 is 2.73 bits per heavy atom. The maximum atomic E-state index is 13.1. The Morgan fingerprint density at radius 2 is 2.00 bits per heavy atom. The van der Waals surface area contributed by atoms with Crippen molar-refractivity contribution >= 4 is 40.2 Å². The van der Waals surface area contributed by atoms with Gasteiger partial charge in [0, 0.05) is 12.3 Å². The number of carbonyl (C=O) groups excluding carboxylic acids is 2. The Morgan fingerprint density at radius 1 is 1.21 bits per heavy atom. The fraction of sp³-hybridized carbons (Fsp3) is 0.333. The molecular weight excluding hydrogens is 442 g/mol. The molecule has 9 heteroatoms. The molecule has 0 saturated carbocycles. The Bertz CT molecular complexity index is 1200. The third kappa shape index (κ3) is 5.61. The van der Waals surface area contributed by atoms with E-state index in [-0.39, 0.29) is 23.3 Å². The second-order valence-electron chi connectivity index (χ2n) is 7.60. The minimum atomic E-state index is -0.405. The molecule has 2 heterocycles. The van der Waals surface area contributed by atoms with Crippen LogP contribution in [-0.4, -0.2) is 46.5 Å². The summed E-state index contributed by atoms with van der Waals surface area (Å²) in [7, 11) is 0. The molecule has 172 valence electrons. The van der Waals surface area contributed by atoms with Crippen molar-refractivity contribution in [3.05, 3.63) is 64.4 Å². The normalized spacial score (nSPS) is 15.5. The summed E-state index contributed by atoms with van der Waals surface area (Å²) in [5.74, 6) is -0.567. The first kappa shape index (κ1) is 23.0. The predicted octanol–water partition coefficient (Wildman–Crippen LogP) is 3.48. The molecule has 2 aromatic carbocycles. The number of ether oxygens (including phenoxy) is 2. The van der Waals surface area contributed by atoms with Crippen molar-refractivity contribution in [2.45, 2.75) is 37.6 Å². The Hall–Kier alpha value is -3.17. The summed E-state index contributed by atoms with van der Waals surface area (Å²) in [6, 6.07) is 13.7. The van der Waals surface area contributed by atoms with Crippen molar-refractivity contribution in [1.29, 1.82) is 0 Å². The van der Waals surface area contributed by atoms with Crippen molar-refractivity contribution in [3.63, 3.8) is 0 Å². The van der Waals surface area contributed by atoms with Gasteiger partial charge in [0.25, 0.3) is 5.56 Å². The minimum Gasteiger partial charge on any atom is -0.462 e. The molecule has 1 N–H and O–H groups in total. The van der Waals surface area contributed by atoms with Crippen molar-refractivity contribution in [2.24, 2.45) is 0 Å². The van der Waals surface area contributed by atoms with Crippen molar-refractivity contribution in [3.8, 4) is 0 Å². The smallest absolute Gasteiger partial charge is 0.338 e. The summed E-state index contributed by atoms with van der Waals surface area (Å²) < 4.78 is 12.3. The van der Waals surface area contributed by atoms with Crippen LogP contribution in [0, 0.1) is 0 Å². The monoisotopic (exact) mass is 467 g/mol. The van der Waals surface area contributed by atoms with Gasteiger partial charge in [0.15, 0.2) is 5.16 Å². The highest BCUT2D eigenvalue weighted by molar-refractivity contribution is 7.99. The van der Waals surface area contributed by atoms with Gasteiger partial charge in [0.2, 0.25) is 5.91 Å². The summed E-state index contributed by atoms with van der Waals surface area (Å²) in [5.41, 5.74) is 1.46. The van der Waals surface area contributed by atoms with Gasteiger partial charge < -0.3 is 14.8 Å². The van der Waals surface area contributed by atoms with E-state index in [1.165, 1.54) is 11.8 Å². The molecule has 0 radical (unpaired) electrons. The van der Waals surface area contributed by atoms with Crippen LogP contribution in [0.15, 0.2) is 58.5 Å². The summed E-state index contributed by atoms with van der Waals surface area (Å²) in [4.78, 5) is 42.1. The summed E-state index contributed by atoms with van der Waals surface area (Å²) in [6.45, 7) is 3.15. The summed E-state index contributed by atoms with van der Waals surface area (Å²) >= 11 is 1.21. The molecule has 1 atom stereocenters. The number of nitrogens with zero attached hydrogens (tertiary/aromatic N) is 2. The largest absolute Gasteiger partial charge is 0.462 e. The average molecular weight is 468 g/mol. The number of thioether (sulfide) groups is 1. The molecule has 3 aromatic rings. The number of hydrogen-bond donors (Lipinski definition) is 1. The van der Waals surface area contributed by atoms with E-state index >= 15 is 0 Å². The van der Waals surface area contributed by atoms with E-state index in [1.807, 2.05) is 12.1 Å². The fourth-order valence-corrected chi connectivity index (χ4v) is 4.45. The van der Waals surface area contributed by atoms with E-state index in [1.54, 1.807) is 47.9 Å². The number of aromatic nitrogens is 2. The highest BCUT2D eigenvalue weighted by Crippen LogP contribution is 2.21. The van der Waals surface area contributed by atoms with Gasteiger partial charge in [-0.2, -0.15) is 0 Å². The second-order valence-corrected chi connectivity index (χ2v) is 8.54. The van der Waals surface area contributed by atoms with Gasteiger partial charge in [-0.1, -0.05) is 23.9 Å². The standard InChI is InChI=1S/C24H25N3O5S/c1-2-31-23(30)16-9-11-17(12-10-16)25-21(28)15-33-24-26-20-8-4-3-7-19(20)22(29)27(24)14-18-6-5-13-32-18/h3-4,7-12,18H,2,5-6,13-15H2,1H3,(H,25,28)/t18-/m1/s1. The lowest BCUT2D eigenvalue weighted by Gasteiger charge is -2.16. The zero-order valence-corrected chi connectivity index (χ0v) is 19.1.